The van der Waals surface area contributed by atoms with Crippen LogP contribution in [-0.4, -0.2) is 11.5 Å². The van der Waals surface area contributed by atoms with Gasteiger partial charge in [0.2, 0.25) is 0 Å². The first-order valence-corrected chi connectivity index (χ1v) is 6.69. The molecule has 0 unspecified atom stereocenters. The Morgan fingerprint density at radius 1 is 1.42 bits per heavy atom. The predicted molar refractivity (Wildman–Crippen MR) is 77.6 cm³/mol. The number of methoxy groups -OCH3 is 1. The minimum atomic E-state index is 0.555. The molecule has 0 saturated heterocycles. The summed E-state index contributed by atoms with van der Waals surface area (Å²) in [6, 6.07) is 5.78. The molecule has 0 aliphatic rings. The van der Waals surface area contributed by atoms with Crippen LogP contribution in [0, 0.1) is 25.2 Å². The van der Waals surface area contributed by atoms with E-state index in [1.54, 1.807) is 13.2 Å². The number of aromatic nitrogens is 1. The molecule has 19 heavy (non-hydrogen) atoms. The lowest BCUT2D eigenvalue weighted by Gasteiger charge is -2.12. The number of aryl methyl sites for hydroxylation is 2. The topological polar surface area (TPSA) is 57.9 Å². The minimum absolute atomic E-state index is 0.555. The lowest BCUT2D eigenvalue weighted by molar-refractivity contribution is 0.417. The van der Waals surface area contributed by atoms with E-state index in [9.17, 15) is 0 Å². The highest BCUT2D eigenvalue weighted by Crippen LogP contribution is 2.35. The van der Waals surface area contributed by atoms with Crippen molar-refractivity contribution in [2.75, 3.05) is 12.4 Å². The summed E-state index contributed by atoms with van der Waals surface area (Å²) in [6.45, 7) is 3.72. The van der Waals surface area contributed by atoms with Crippen LogP contribution in [0.2, 0.25) is 5.02 Å². The molecule has 4 nitrogen and oxygen atoms in total. The van der Waals surface area contributed by atoms with Crippen LogP contribution in [0.5, 0.6) is 5.75 Å². The van der Waals surface area contributed by atoms with E-state index in [1.807, 2.05) is 19.9 Å². The van der Waals surface area contributed by atoms with Gasteiger partial charge in [-0.05, 0) is 37.0 Å². The van der Waals surface area contributed by atoms with Gasteiger partial charge in [0.05, 0.1) is 18.5 Å². The third-order valence-corrected chi connectivity index (χ3v) is 3.96. The fraction of sp³-hybridized carbons (Fsp3) is 0.231. The Hall–Kier alpha value is -1.77. The van der Waals surface area contributed by atoms with Crippen LogP contribution in [0.4, 0.5) is 10.7 Å². The number of hydrogen-bond acceptors (Lipinski definition) is 5. The van der Waals surface area contributed by atoms with Crippen molar-refractivity contribution in [3.05, 3.63) is 34.0 Å². The smallest absolute Gasteiger partial charge is 0.143 e. The maximum absolute atomic E-state index is 9.12. The molecule has 2 rings (SSSR count). The molecule has 0 fully saturated rings. The molecule has 2 aromatic rings. The zero-order chi connectivity index (χ0) is 14.0. The van der Waals surface area contributed by atoms with Gasteiger partial charge < -0.3 is 10.1 Å². The Bertz CT molecular complexity index is 661. The monoisotopic (exact) mass is 293 g/mol. The standard InChI is InChI=1S/C13H12ClN3OS/c1-7-4-11(12(18-3)5-10(7)14)16-13-9(6-15)8(2)17-19-13/h4-5,16H,1-3H3. The molecule has 0 amide bonds. The van der Waals surface area contributed by atoms with E-state index in [1.165, 1.54) is 11.5 Å². The van der Waals surface area contributed by atoms with Crippen molar-refractivity contribution >= 4 is 33.8 Å². The molecule has 0 spiro atoms. The number of ether oxygens (including phenoxy) is 1. The second-order valence-corrected chi connectivity index (χ2v) is 5.19. The van der Waals surface area contributed by atoms with Gasteiger partial charge in [-0.15, -0.1) is 0 Å². The van der Waals surface area contributed by atoms with Gasteiger partial charge in [0.15, 0.2) is 0 Å². The normalized spacial score (nSPS) is 10.1. The Balaban J connectivity index is 2.43. The van der Waals surface area contributed by atoms with Crippen LogP contribution < -0.4 is 10.1 Å². The van der Waals surface area contributed by atoms with E-state index in [0.29, 0.717) is 21.3 Å². The summed E-state index contributed by atoms with van der Waals surface area (Å²) in [7, 11) is 1.58. The van der Waals surface area contributed by atoms with Gasteiger partial charge in [-0.1, -0.05) is 11.6 Å². The SMILES string of the molecule is COc1cc(Cl)c(C)cc1Nc1snc(C)c1C#N. The van der Waals surface area contributed by atoms with E-state index >= 15 is 0 Å². The van der Waals surface area contributed by atoms with E-state index in [-0.39, 0.29) is 0 Å². The van der Waals surface area contributed by atoms with E-state index < -0.39 is 0 Å². The van der Waals surface area contributed by atoms with Crippen molar-refractivity contribution < 1.29 is 4.74 Å². The number of anilines is 2. The van der Waals surface area contributed by atoms with E-state index in [2.05, 4.69) is 15.8 Å². The summed E-state index contributed by atoms with van der Waals surface area (Å²) in [6.07, 6.45) is 0. The van der Waals surface area contributed by atoms with Crippen LogP contribution in [0.1, 0.15) is 16.8 Å². The van der Waals surface area contributed by atoms with Crippen molar-refractivity contribution in [3.8, 4) is 11.8 Å². The minimum Gasteiger partial charge on any atom is -0.495 e. The highest BCUT2D eigenvalue weighted by atomic mass is 35.5. The lowest BCUT2D eigenvalue weighted by atomic mass is 10.2. The lowest BCUT2D eigenvalue weighted by Crippen LogP contribution is -1.96. The molecule has 0 saturated carbocycles. The van der Waals surface area contributed by atoms with Crippen molar-refractivity contribution in [1.29, 1.82) is 5.26 Å². The first-order valence-electron chi connectivity index (χ1n) is 5.54. The van der Waals surface area contributed by atoms with Crippen molar-refractivity contribution in [2.45, 2.75) is 13.8 Å². The maximum Gasteiger partial charge on any atom is 0.143 e. The van der Waals surface area contributed by atoms with E-state index in [0.717, 1.165) is 16.9 Å². The summed E-state index contributed by atoms with van der Waals surface area (Å²) in [5.74, 6) is 0.630. The largest absolute Gasteiger partial charge is 0.495 e. The number of benzene rings is 1. The number of nitrogens with zero attached hydrogens (tertiary/aromatic N) is 2. The second kappa shape index (κ2) is 5.47. The van der Waals surface area contributed by atoms with Gasteiger partial charge in [0.1, 0.15) is 22.4 Å². The van der Waals surface area contributed by atoms with Gasteiger partial charge in [-0.3, -0.25) is 0 Å². The third kappa shape index (κ3) is 2.65. The fourth-order valence-electron chi connectivity index (χ4n) is 1.64. The molecule has 0 aliphatic heterocycles. The summed E-state index contributed by atoms with van der Waals surface area (Å²) < 4.78 is 9.46. The molecular weight excluding hydrogens is 282 g/mol. The Morgan fingerprint density at radius 3 is 2.79 bits per heavy atom. The Kier molecular flexibility index (Phi) is 3.93. The van der Waals surface area contributed by atoms with Crippen LogP contribution in [0.3, 0.4) is 0 Å². The molecule has 0 atom stereocenters. The number of rotatable bonds is 3. The van der Waals surface area contributed by atoms with Crippen LogP contribution >= 0.6 is 23.1 Å². The molecule has 0 bridgehead atoms. The average molecular weight is 294 g/mol. The number of nitriles is 1. The van der Waals surface area contributed by atoms with Crippen LogP contribution in [0.15, 0.2) is 12.1 Å². The quantitative estimate of drug-likeness (QED) is 0.928. The second-order valence-electron chi connectivity index (χ2n) is 4.01. The molecule has 98 valence electrons. The summed E-state index contributed by atoms with van der Waals surface area (Å²) in [5, 5.41) is 13.6. The number of nitrogens with one attached hydrogen (secondary N) is 1. The van der Waals surface area contributed by atoms with Crippen molar-refractivity contribution in [1.82, 2.24) is 4.37 Å². The predicted octanol–water partition coefficient (Wildman–Crippen LogP) is 4.04. The zero-order valence-electron chi connectivity index (χ0n) is 10.7. The first kappa shape index (κ1) is 13.7. The van der Waals surface area contributed by atoms with Crippen LogP contribution in [-0.2, 0) is 0 Å². The van der Waals surface area contributed by atoms with Gasteiger partial charge in [-0.2, -0.15) is 9.64 Å². The summed E-state index contributed by atoms with van der Waals surface area (Å²) in [5.41, 5.74) is 2.98. The zero-order valence-corrected chi connectivity index (χ0v) is 12.3. The fourth-order valence-corrected chi connectivity index (χ4v) is 2.55. The van der Waals surface area contributed by atoms with E-state index in [4.69, 9.17) is 21.6 Å². The maximum atomic E-state index is 9.12. The van der Waals surface area contributed by atoms with Gasteiger partial charge in [0.25, 0.3) is 0 Å². The Labute approximate surface area is 120 Å². The van der Waals surface area contributed by atoms with Gasteiger partial charge in [-0.25, -0.2) is 0 Å². The highest BCUT2D eigenvalue weighted by Gasteiger charge is 2.13. The molecule has 1 aromatic heterocycles. The molecular formula is C13H12ClN3OS. The number of hydrogen-bond donors (Lipinski definition) is 1. The molecule has 1 aromatic carbocycles. The highest BCUT2D eigenvalue weighted by molar-refractivity contribution is 7.10. The first-order chi connectivity index (χ1) is 9.06. The van der Waals surface area contributed by atoms with Crippen molar-refractivity contribution in [2.24, 2.45) is 0 Å². The molecule has 1 heterocycles. The third-order valence-electron chi connectivity index (χ3n) is 2.70. The molecule has 6 heteroatoms. The number of halogens is 1. The average Bonchev–Trinajstić information content (AvgIpc) is 2.74. The molecule has 0 radical (unpaired) electrons. The molecule has 1 N–H and O–H groups in total. The Morgan fingerprint density at radius 2 is 2.16 bits per heavy atom. The van der Waals surface area contributed by atoms with Gasteiger partial charge in [0, 0.05) is 11.1 Å². The molecule has 0 aliphatic carbocycles. The van der Waals surface area contributed by atoms with Crippen molar-refractivity contribution in [3.63, 3.8) is 0 Å². The summed E-state index contributed by atoms with van der Waals surface area (Å²) >= 11 is 7.31. The van der Waals surface area contributed by atoms with Gasteiger partial charge >= 0.3 is 0 Å². The summed E-state index contributed by atoms with van der Waals surface area (Å²) in [4.78, 5) is 0. The van der Waals surface area contributed by atoms with Crippen LogP contribution in [0.25, 0.3) is 0 Å².